The van der Waals surface area contributed by atoms with Gasteiger partial charge in [-0.05, 0) is 43.9 Å². The highest BCUT2D eigenvalue weighted by Gasteiger charge is 2.35. The van der Waals surface area contributed by atoms with Crippen LogP contribution in [-0.4, -0.2) is 41.6 Å². The molecular formula is C17H20N2O5. The average Bonchev–Trinajstić information content (AvgIpc) is 3.04. The highest BCUT2D eigenvalue weighted by Crippen LogP contribution is 2.27. The van der Waals surface area contributed by atoms with E-state index in [1.807, 2.05) is 0 Å². The van der Waals surface area contributed by atoms with Crippen LogP contribution in [0.5, 0.6) is 0 Å². The molecule has 0 radical (unpaired) electrons. The Morgan fingerprint density at radius 2 is 2.00 bits per heavy atom. The van der Waals surface area contributed by atoms with E-state index in [1.165, 1.54) is 0 Å². The van der Waals surface area contributed by atoms with Crippen LogP contribution in [0.15, 0.2) is 24.3 Å². The van der Waals surface area contributed by atoms with Crippen molar-refractivity contribution >= 4 is 23.5 Å². The van der Waals surface area contributed by atoms with E-state index in [-0.39, 0.29) is 23.8 Å². The van der Waals surface area contributed by atoms with Crippen LogP contribution in [0.1, 0.15) is 36.0 Å². The first-order chi connectivity index (χ1) is 11.5. The Morgan fingerprint density at radius 1 is 1.21 bits per heavy atom. The molecule has 128 valence electrons. The molecule has 1 heterocycles. The minimum atomic E-state index is -0.820. The molecule has 1 aliphatic heterocycles. The molecule has 2 fully saturated rings. The van der Waals surface area contributed by atoms with Crippen LogP contribution in [0.2, 0.25) is 0 Å². The predicted octanol–water partition coefficient (Wildman–Crippen LogP) is 1.40. The van der Waals surface area contributed by atoms with Crippen LogP contribution >= 0.6 is 0 Å². The maximum absolute atomic E-state index is 12.2. The number of amides is 2. The van der Waals surface area contributed by atoms with E-state index in [0.29, 0.717) is 37.1 Å². The summed E-state index contributed by atoms with van der Waals surface area (Å²) < 4.78 is 5.33. The fourth-order valence-corrected chi connectivity index (χ4v) is 2.95. The maximum atomic E-state index is 12.2. The molecule has 3 rings (SSSR count). The van der Waals surface area contributed by atoms with Crippen LogP contribution in [-0.2, 0) is 14.3 Å². The van der Waals surface area contributed by atoms with E-state index in [9.17, 15) is 14.4 Å². The quantitative estimate of drug-likeness (QED) is 0.756. The summed E-state index contributed by atoms with van der Waals surface area (Å²) in [5, 5.41) is 14.4. The molecule has 7 heteroatoms. The van der Waals surface area contributed by atoms with Crippen molar-refractivity contribution in [3.05, 3.63) is 29.8 Å². The van der Waals surface area contributed by atoms with Crippen LogP contribution in [0.3, 0.4) is 0 Å². The summed E-state index contributed by atoms with van der Waals surface area (Å²) >= 11 is 0. The number of carboxylic acids is 1. The van der Waals surface area contributed by atoms with Gasteiger partial charge in [-0.2, -0.15) is 0 Å². The summed E-state index contributed by atoms with van der Waals surface area (Å²) in [5.41, 5.74) is 0.971. The Bertz CT molecular complexity index is 648. The van der Waals surface area contributed by atoms with Gasteiger partial charge in [0.25, 0.3) is 11.8 Å². The first kappa shape index (κ1) is 16.4. The van der Waals surface area contributed by atoms with Crippen molar-refractivity contribution in [3.8, 4) is 0 Å². The molecule has 2 amide bonds. The number of carbonyl (C=O) groups is 3. The van der Waals surface area contributed by atoms with Crippen molar-refractivity contribution in [3.63, 3.8) is 0 Å². The van der Waals surface area contributed by atoms with Crippen LogP contribution in [0.25, 0.3) is 0 Å². The molecule has 0 bridgehead atoms. The molecule has 1 saturated carbocycles. The number of hydrogen-bond donors (Lipinski definition) is 3. The summed E-state index contributed by atoms with van der Waals surface area (Å²) in [4.78, 5) is 35.0. The number of rotatable bonds is 5. The Balaban J connectivity index is 1.55. The van der Waals surface area contributed by atoms with E-state index >= 15 is 0 Å². The SMILES string of the molecule is O=C(NC1CC(C(=O)O)C1)c1cccc(NC(=O)C2CCCO2)c1. The third kappa shape index (κ3) is 3.73. The van der Waals surface area contributed by atoms with Gasteiger partial charge in [-0.15, -0.1) is 0 Å². The monoisotopic (exact) mass is 332 g/mol. The van der Waals surface area contributed by atoms with Gasteiger partial charge in [-0.1, -0.05) is 6.07 Å². The van der Waals surface area contributed by atoms with Crippen LogP contribution in [0, 0.1) is 5.92 Å². The average molecular weight is 332 g/mol. The van der Waals surface area contributed by atoms with E-state index < -0.39 is 12.1 Å². The second kappa shape index (κ2) is 7.00. The second-order valence-electron chi connectivity index (χ2n) is 6.25. The summed E-state index contributed by atoms with van der Waals surface area (Å²) in [6.07, 6.45) is 2.07. The molecule has 1 unspecified atom stereocenters. The zero-order chi connectivity index (χ0) is 17.1. The predicted molar refractivity (Wildman–Crippen MR) is 85.7 cm³/mol. The van der Waals surface area contributed by atoms with E-state index in [4.69, 9.17) is 9.84 Å². The molecule has 24 heavy (non-hydrogen) atoms. The van der Waals surface area contributed by atoms with Crippen LogP contribution < -0.4 is 10.6 Å². The van der Waals surface area contributed by atoms with E-state index in [0.717, 1.165) is 6.42 Å². The first-order valence-electron chi connectivity index (χ1n) is 8.09. The van der Waals surface area contributed by atoms with Gasteiger partial charge in [0.15, 0.2) is 0 Å². The lowest BCUT2D eigenvalue weighted by Crippen LogP contribution is -2.46. The van der Waals surface area contributed by atoms with Crippen molar-refractivity contribution in [1.82, 2.24) is 5.32 Å². The van der Waals surface area contributed by atoms with Crippen molar-refractivity contribution in [1.29, 1.82) is 0 Å². The number of aliphatic carboxylic acids is 1. The standard InChI is InChI=1S/C17H20N2O5/c20-15(19-13-8-11(9-13)17(22)23)10-3-1-4-12(7-10)18-16(21)14-5-2-6-24-14/h1,3-4,7,11,13-14H,2,5-6,8-9H2,(H,18,21)(H,19,20)(H,22,23). The topological polar surface area (TPSA) is 105 Å². The molecule has 1 atom stereocenters. The highest BCUT2D eigenvalue weighted by atomic mass is 16.5. The summed E-state index contributed by atoms with van der Waals surface area (Å²) in [6, 6.07) is 6.57. The summed E-state index contributed by atoms with van der Waals surface area (Å²) in [6.45, 7) is 0.596. The number of carboxylic acid groups (broad SMARTS) is 1. The Kier molecular flexibility index (Phi) is 4.80. The van der Waals surface area contributed by atoms with Gasteiger partial charge in [0, 0.05) is 23.9 Å². The van der Waals surface area contributed by atoms with Crippen molar-refractivity contribution in [2.24, 2.45) is 5.92 Å². The van der Waals surface area contributed by atoms with Crippen molar-refractivity contribution in [2.75, 3.05) is 11.9 Å². The fourth-order valence-electron chi connectivity index (χ4n) is 2.95. The second-order valence-corrected chi connectivity index (χ2v) is 6.25. The zero-order valence-corrected chi connectivity index (χ0v) is 13.2. The molecule has 3 N–H and O–H groups in total. The summed E-state index contributed by atoms with van der Waals surface area (Å²) in [7, 11) is 0. The summed E-state index contributed by atoms with van der Waals surface area (Å²) in [5.74, 6) is -1.66. The Labute approximate surface area is 139 Å². The normalized spacial score (nSPS) is 25.6. The van der Waals surface area contributed by atoms with Gasteiger partial charge in [0.2, 0.25) is 0 Å². The molecule has 7 nitrogen and oxygen atoms in total. The van der Waals surface area contributed by atoms with Gasteiger partial charge in [-0.3, -0.25) is 14.4 Å². The van der Waals surface area contributed by atoms with Crippen molar-refractivity contribution in [2.45, 2.75) is 37.8 Å². The smallest absolute Gasteiger partial charge is 0.306 e. The van der Waals surface area contributed by atoms with Gasteiger partial charge < -0.3 is 20.5 Å². The Hall–Kier alpha value is -2.41. The number of benzene rings is 1. The third-order valence-corrected chi connectivity index (χ3v) is 4.44. The first-order valence-corrected chi connectivity index (χ1v) is 8.09. The number of hydrogen-bond acceptors (Lipinski definition) is 4. The molecule has 0 aromatic heterocycles. The molecule has 1 saturated heterocycles. The number of anilines is 1. The molecule has 1 aromatic rings. The Morgan fingerprint density at radius 3 is 2.67 bits per heavy atom. The van der Waals surface area contributed by atoms with Gasteiger partial charge in [-0.25, -0.2) is 0 Å². The number of ether oxygens (including phenoxy) is 1. The lowest BCUT2D eigenvalue weighted by Gasteiger charge is -2.32. The van der Waals surface area contributed by atoms with Crippen molar-refractivity contribution < 1.29 is 24.2 Å². The number of nitrogens with one attached hydrogen (secondary N) is 2. The zero-order valence-electron chi connectivity index (χ0n) is 13.2. The highest BCUT2D eigenvalue weighted by molar-refractivity contribution is 5.98. The largest absolute Gasteiger partial charge is 0.481 e. The number of carbonyl (C=O) groups excluding carboxylic acids is 2. The van der Waals surface area contributed by atoms with E-state index in [1.54, 1.807) is 24.3 Å². The van der Waals surface area contributed by atoms with Crippen LogP contribution in [0.4, 0.5) is 5.69 Å². The van der Waals surface area contributed by atoms with Gasteiger partial charge >= 0.3 is 5.97 Å². The molecule has 2 aliphatic rings. The molecular weight excluding hydrogens is 312 g/mol. The maximum Gasteiger partial charge on any atom is 0.306 e. The van der Waals surface area contributed by atoms with Gasteiger partial charge in [0.1, 0.15) is 6.10 Å². The minimum absolute atomic E-state index is 0.108. The fraction of sp³-hybridized carbons (Fsp3) is 0.471. The molecule has 1 aliphatic carbocycles. The molecule has 1 aromatic carbocycles. The third-order valence-electron chi connectivity index (χ3n) is 4.44. The lowest BCUT2D eigenvalue weighted by atomic mass is 9.80. The van der Waals surface area contributed by atoms with E-state index in [2.05, 4.69) is 10.6 Å². The lowest BCUT2D eigenvalue weighted by molar-refractivity contribution is -0.145. The minimum Gasteiger partial charge on any atom is -0.481 e. The van der Waals surface area contributed by atoms with Gasteiger partial charge in [0.05, 0.1) is 5.92 Å². The molecule has 0 spiro atoms.